The zero-order valence-corrected chi connectivity index (χ0v) is 8.98. The summed E-state index contributed by atoms with van der Waals surface area (Å²) in [6, 6.07) is 5.58. The molecule has 6 nitrogen and oxygen atoms in total. The molecule has 0 fully saturated rings. The Morgan fingerprint density at radius 3 is 2.94 bits per heavy atom. The summed E-state index contributed by atoms with van der Waals surface area (Å²) in [7, 11) is 0. The maximum Gasteiger partial charge on any atom is 0.252 e. The molecule has 0 atom stereocenters. The van der Waals surface area contributed by atoms with Crippen LogP contribution in [0.5, 0.6) is 0 Å². The topological polar surface area (TPSA) is 82.0 Å². The Labute approximate surface area is 97.2 Å². The first-order valence-corrected chi connectivity index (χ1v) is 5.19. The smallest absolute Gasteiger partial charge is 0.252 e. The van der Waals surface area contributed by atoms with Gasteiger partial charge in [-0.25, -0.2) is 4.98 Å². The van der Waals surface area contributed by atoms with E-state index < -0.39 is 0 Å². The summed E-state index contributed by atoms with van der Waals surface area (Å²) < 4.78 is 1.66. The second-order valence-corrected chi connectivity index (χ2v) is 3.53. The summed E-state index contributed by atoms with van der Waals surface area (Å²) in [6.07, 6.45) is 5.11. The van der Waals surface area contributed by atoms with E-state index in [0.717, 1.165) is 11.3 Å². The van der Waals surface area contributed by atoms with Gasteiger partial charge in [0, 0.05) is 30.7 Å². The van der Waals surface area contributed by atoms with Crippen molar-refractivity contribution in [2.45, 2.75) is 6.54 Å². The quantitative estimate of drug-likeness (QED) is 0.693. The highest BCUT2D eigenvalue weighted by Crippen LogP contribution is 2.14. The van der Waals surface area contributed by atoms with Gasteiger partial charge in [0.2, 0.25) is 0 Å². The van der Waals surface area contributed by atoms with Crippen LogP contribution in [0, 0.1) is 0 Å². The van der Waals surface area contributed by atoms with Crippen LogP contribution in [0.25, 0.3) is 17.2 Å². The Hall–Kier alpha value is -2.34. The Balaban J connectivity index is 2.20. The van der Waals surface area contributed by atoms with Gasteiger partial charge in [-0.2, -0.15) is 9.50 Å². The number of hydrogen-bond donors (Lipinski definition) is 1. The highest BCUT2D eigenvalue weighted by molar-refractivity contribution is 5.55. The minimum Gasteiger partial charge on any atom is -0.325 e. The van der Waals surface area contributed by atoms with Gasteiger partial charge in [-0.05, 0) is 18.2 Å². The van der Waals surface area contributed by atoms with Crippen molar-refractivity contribution in [3.05, 3.63) is 42.5 Å². The minimum atomic E-state index is 0.398. The van der Waals surface area contributed by atoms with Gasteiger partial charge >= 0.3 is 0 Å². The van der Waals surface area contributed by atoms with Crippen molar-refractivity contribution in [1.82, 2.24) is 24.6 Å². The maximum atomic E-state index is 5.64. The maximum absolute atomic E-state index is 5.64. The van der Waals surface area contributed by atoms with Gasteiger partial charge in [-0.15, -0.1) is 5.10 Å². The molecule has 3 aromatic heterocycles. The number of nitrogens with zero attached hydrogens (tertiary/aromatic N) is 5. The molecular formula is C11H10N6. The van der Waals surface area contributed by atoms with Crippen LogP contribution in [-0.2, 0) is 6.54 Å². The molecule has 17 heavy (non-hydrogen) atoms. The molecule has 84 valence electrons. The van der Waals surface area contributed by atoms with E-state index in [1.54, 1.807) is 23.1 Å². The first kappa shape index (κ1) is 9.86. The lowest BCUT2D eigenvalue weighted by atomic mass is 10.3. The second kappa shape index (κ2) is 3.91. The van der Waals surface area contributed by atoms with Crippen LogP contribution in [0.3, 0.4) is 0 Å². The standard InChI is InChI=1S/C11H10N6/c12-6-9-3-5-14-11-15-10(16-17(9)11)8-2-1-4-13-7-8/h1-5,7H,6,12H2. The Kier molecular flexibility index (Phi) is 2.27. The largest absolute Gasteiger partial charge is 0.325 e. The normalized spacial score (nSPS) is 10.9. The third-order valence-corrected chi connectivity index (χ3v) is 2.45. The van der Waals surface area contributed by atoms with Crippen molar-refractivity contribution < 1.29 is 0 Å². The van der Waals surface area contributed by atoms with Crippen molar-refractivity contribution in [1.29, 1.82) is 0 Å². The monoisotopic (exact) mass is 226 g/mol. The molecule has 0 spiro atoms. The van der Waals surface area contributed by atoms with Gasteiger partial charge in [0.15, 0.2) is 5.82 Å². The average molecular weight is 226 g/mol. The molecule has 0 bridgehead atoms. The van der Waals surface area contributed by atoms with E-state index in [1.165, 1.54) is 0 Å². The lowest BCUT2D eigenvalue weighted by Gasteiger charge is -1.97. The van der Waals surface area contributed by atoms with Crippen molar-refractivity contribution in [3.8, 4) is 11.4 Å². The fourth-order valence-electron chi connectivity index (χ4n) is 1.61. The van der Waals surface area contributed by atoms with Gasteiger partial charge in [0.1, 0.15) is 0 Å². The third-order valence-electron chi connectivity index (χ3n) is 2.45. The summed E-state index contributed by atoms with van der Waals surface area (Å²) >= 11 is 0. The fraction of sp³-hybridized carbons (Fsp3) is 0.0909. The molecule has 0 amide bonds. The number of rotatable bonds is 2. The first-order chi connectivity index (χ1) is 8.38. The van der Waals surface area contributed by atoms with Crippen LogP contribution in [0.1, 0.15) is 5.69 Å². The molecular weight excluding hydrogens is 216 g/mol. The molecule has 0 saturated carbocycles. The van der Waals surface area contributed by atoms with Gasteiger partial charge < -0.3 is 5.73 Å². The SMILES string of the molecule is NCc1ccnc2nc(-c3cccnc3)nn12. The molecule has 0 unspecified atom stereocenters. The highest BCUT2D eigenvalue weighted by atomic mass is 15.3. The van der Waals surface area contributed by atoms with Crippen LogP contribution >= 0.6 is 0 Å². The highest BCUT2D eigenvalue weighted by Gasteiger charge is 2.08. The summed E-state index contributed by atoms with van der Waals surface area (Å²) in [5, 5.41) is 4.38. The Bertz CT molecular complexity index is 645. The molecule has 0 aliphatic heterocycles. The van der Waals surface area contributed by atoms with Crippen molar-refractivity contribution in [3.63, 3.8) is 0 Å². The molecule has 0 saturated heterocycles. The lowest BCUT2D eigenvalue weighted by molar-refractivity contribution is 0.837. The molecule has 0 aliphatic rings. The average Bonchev–Trinajstić information content (AvgIpc) is 2.83. The fourth-order valence-corrected chi connectivity index (χ4v) is 1.61. The van der Waals surface area contributed by atoms with Crippen molar-refractivity contribution in [2.75, 3.05) is 0 Å². The molecule has 2 N–H and O–H groups in total. The second-order valence-electron chi connectivity index (χ2n) is 3.53. The number of pyridine rings is 1. The van der Waals surface area contributed by atoms with Crippen LogP contribution in [0.15, 0.2) is 36.8 Å². The van der Waals surface area contributed by atoms with Gasteiger partial charge in [-0.1, -0.05) is 0 Å². The van der Waals surface area contributed by atoms with E-state index in [2.05, 4.69) is 20.1 Å². The molecule has 0 radical (unpaired) electrons. The summed E-state index contributed by atoms with van der Waals surface area (Å²) in [5.41, 5.74) is 7.37. The molecule has 0 aromatic carbocycles. The van der Waals surface area contributed by atoms with Crippen LogP contribution < -0.4 is 5.73 Å². The van der Waals surface area contributed by atoms with Gasteiger partial charge in [0.05, 0.1) is 5.69 Å². The van der Waals surface area contributed by atoms with Crippen LogP contribution in [0.4, 0.5) is 0 Å². The number of aromatic nitrogens is 5. The predicted molar refractivity (Wildman–Crippen MR) is 61.9 cm³/mol. The van der Waals surface area contributed by atoms with E-state index in [9.17, 15) is 0 Å². The molecule has 3 heterocycles. The molecule has 6 heteroatoms. The summed E-state index contributed by atoms with van der Waals surface area (Å²) in [5.74, 6) is 1.15. The van der Waals surface area contributed by atoms with E-state index in [1.807, 2.05) is 18.2 Å². The van der Waals surface area contributed by atoms with E-state index >= 15 is 0 Å². The summed E-state index contributed by atoms with van der Waals surface area (Å²) in [6.45, 7) is 0.398. The van der Waals surface area contributed by atoms with E-state index in [0.29, 0.717) is 18.1 Å². The predicted octanol–water partition coefficient (Wildman–Crippen LogP) is 0.645. The Morgan fingerprint density at radius 1 is 1.24 bits per heavy atom. The zero-order valence-electron chi connectivity index (χ0n) is 8.98. The van der Waals surface area contributed by atoms with Gasteiger partial charge in [-0.3, -0.25) is 4.98 Å². The molecule has 3 aromatic rings. The van der Waals surface area contributed by atoms with Crippen LogP contribution in [0.2, 0.25) is 0 Å². The summed E-state index contributed by atoms with van der Waals surface area (Å²) in [4.78, 5) is 12.5. The van der Waals surface area contributed by atoms with E-state index in [-0.39, 0.29) is 0 Å². The minimum absolute atomic E-state index is 0.398. The van der Waals surface area contributed by atoms with Gasteiger partial charge in [0.25, 0.3) is 5.78 Å². The number of nitrogens with two attached hydrogens (primary N) is 1. The lowest BCUT2D eigenvalue weighted by Crippen LogP contribution is -2.05. The molecule has 0 aliphatic carbocycles. The first-order valence-electron chi connectivity index (χ1n) is 5.19. The van der Waals surface area contributed by atoms with Crippen LogP contribution in [-0.4, -0.2) is 24.6 Å². The van der Waals surface area contributed by atoms with Crippen molar-refractivity contribution in [2.24, 2.45) is 5.73 Å². The van der Waals surface area contributed by atoms with E-state index in [4.69, 9.17) is 5.73 Å². The third kappa shape index (κ3) is 1.64. The number of hydrogen-bond acceptors (Lipinski definition) is 5. The van der Waals surface area contributed by atoms with Crippen molar-refractivity contribution >= 4 is 5.78 Å². The Morgan fingerprint density at radius 2 is 2.18 bits per heavy atom. The molecule has 3 rings (SSSR count). The zero-order chi connectivity index (χ0) is 11.7. The number of fused-ring (bicyclic) bond motifs is 1.